The molecule has 2 heterocycles. The molecule has 2 aromatic rings. The van der Waals surface area contributed by atoms with Gasteiger partial charge in [-0.2, -0.15) is 0 Å². The Hall–Kier alpha value is -1.89. The molecule has 20 heavy (non-hydrogen) atoms. The Morgan fingerprint density at radius 3 is 2.80 bits per heavy atom. The van der Waals surface area contributed by atoms with Crippen LogP contribution >= 0.6 is 11.3 Å². The first-order valence-corrected chi connectivity index (χ1v) is 7.22. The third-order valence-electron chi connectivity index (χ3n) is 3.06. The van der Waals surface area contributed by atoms with Gasteiger partial charge in [0.2, 0.25) is 0 Å². The molecule has 108 valence electrons. The second-order valence-electron chi connectivity index (χ2n) is 5.72. The van der Waals surface area contributed by atoms with E-state index in [4.69, 9.17) is 5.73 Å². The van der Waals surface area contributed by atoms with Crippen LogP contribution in [0, 0.1) is 5.41 Å². The smallest absolute Gasteiger partial charge is 0.271 e. The van der Waals surface area contributed by atoms with Crippen LogP contribution in [0.5, 0.6) is 0 Å². The number of hydrogen-bond acceptors (Lipinski definition) is 5. The predicted molar refractivity (Wildman–Crippen MR) is 79.5 cm³/mol. The number of rotatable bonds is 4. The summed E-state index contributed by atoms with van der Waals surface area (Å²) in [6, 6.07) is -0.0351. The van der Waals surface area contributed by atoms with Crippen LogP contribution in [0.4, 0.5) is 5.13 Å². The van der Waals surface area contributed by atoms with Gasteiger partial charge in [0, 0.05) is 24.3 Å². The topological polar surface area (TPSA) is 85.8 Å². The van der Waals surface area contributed by atoms with Crippen molar-refractivity contribution in [3.63, 3.8) is 0 Å². The van der Waals surface area contributed by atoms with Crippen LogP contribution in [0.15, 0.2) is 24.1 Å². The zero-order chi connectivity index (χ0) is 14.8. The fourth-order valence-electron chi connectivity index (χ4n) is 1.77. The van der Waals surface area contributed by atoms with Crippen molar-refractivity contribution in [2.45, 2.75) is 33.4 Å². The summed E-state index contributed by atoms with van der Waals surface area (Å²) in [4.78, 5) is 20.2. The number of nitrogen functional groups attached to an aromatic ring is 1. The van der Waals surface area contributed by atoms with E-state index in [1.165, 1.54) is 11.3 Å². The minimum absolute atomic E-state index is 0.0351. The zero-order valence-electron chi connectivity index (χ0n) is 11.8. The average molecular weight is 293 g/mol. The molecule has 6 nitrogen and oxygen atoms in total. The minimum atomic E-state index is -0.196. The van der Waals surface area contributed by atoms with Gasteiger partial charge >= 0.3 is 0 Å². The lowest BCUT2D eigenvalue weighted by molar-refractivity contribution is 0.0888. The summed E-state index contributed by atoms with van der Waals surface area (Å²) in [6.07, 6.45) is 5.35. The summed E-state index contributed by atoms with van der Waals surface area (Å²) < 4.78 is 1.95. The number of imidazole rings is 1. The number of carbonyl (C=O) groups excluding carboxylic acids is 1. The first-order chi connectivity index (χ1) is 9.36. The van der Waals surface area contributed by atoms with Gasteiger partial charge in [0.15, 0.2) is 5.13 Å². The molecule has 7 heteroatoms. The maximum atomic E-state index is 12.2. The van der Waals surface area contributed by atoms with Crippen molar-refractivity contribution in [3.05, 3.63) is 29.8 Å². The van der Waals surface area contributed by atoms with E-state index < -0.39 is 0 Å². The van der Waals surface area contributed by atoms with Crippen LogP contribution in [0.2, 0.25) is 0 Å². The summed E-state index contributed by atoms with van der Waals surface area (Å²) in [5.41, 5.74) is 5.84. The Morgan fingerprint density at radius 1 is 1.55 bits per heavy atom. The molecule has 2 aromatic heterocycles. The molecule has 0 radical (unpaired) electrons. The molecule has 0 bridgehead atoms. The molecule has 0 fully saturated rings. The van der Waals surface area contributed by atoms with Gasteiger partial charge in [-0.15, -0.1) is 11.3 Å². The van der Waals surface area contributed by atoms with Crippen molar-refractivity contribution in [2.24, 2.45) is 5.41 Å². The van der Waals surface area contributed by atoms with Crippen molar-refractivity contribution in [1.82, 2.24) is 19.9 Å². The van der Waals surface area contributed by atoms with E-state index >= 15 is 0 Å². The fourth-order valence-corrected chi connectivity index (χ4v) is 2.31. The van der Waals surface area contributed by atoms with E-state index in [0.717, 1.165) is 0 Å². The lowest BCUT2D eigenvalue weighted by Gasteiger charge is -2.31. The van der Waals surface area contributed by atoms with Gasteiger partial charge in [-0.25, -0.2) is 9.97 Å². The molecular weight excluding hydrogens is 274 g/mol. The van der Waals surface area contributed by atoms with Crippen LogP contribution in [0.25, 0.3) is 0 Å². The summed E-state index contributed by atoms with van der Waals surface area (Å²) in [5, 5.41) is 5.09. The Labute approximate surface area is 122 Å². The number of aromatic nitrogens is 3. The third kappa shape index (κ3) is 3.57. The highest BCUT2D eigenvalue weighted by Gasteiger charge is 2.27. The van der Waals surface area contributed by atoms with Crippen LogP contribution in [0.1, 0.15) is 31.3 Å². The van der Waals surface area contributed by atoms with Gasteiger partial charge in [-0.1, -0.05) is 20.8 Å². The molecular formula is C13H19N5OS. The van der Waals surface area contributed by atoms with Gasteiger partial charge in [0.05, 0.1) is 12.4 Å². The fraction of sp³-hybridized carbons (Fsp3) is 0.462. The van der Waals surface area contributed by atoms with Crippen molar-refractivity contribution in [3.8, 4) is 0 Å². The molecule has 0 spiro atoms. The van der Waals surface area contributed by atoms with E-state index in [0.29, 0.717) is 17.4 Å². The molecule has 0 saturated carbocycles. The molecule has 2 rings (SSSR count). The Balaban J connectivity index is 2.10. The largest absolute Gasteiger partial charge is 0.375 e. The number of nitrogens with one attached hydrogen (secondary N) is 1. The minimum Gasteiger partial charge on any atom is -0.375 e. The first kappa shape index (κ1) is 14.5. The van der Waals surface area contributed by atoms with E-state index in [-0.39, 0.29) is 17.4 Å². The van der Waals surface area contributed by atoms with Gasteiger partial charge in [0.1, 0.15) is 5.69 Å². The summed E-state index contributed by atoms with van der Waals surface area (Å²) >= 11 is 1.26. The molecule has 1 amide bonds. The monoisotopic (exact) mass is 293 g/mol. The molecule has 0 aliphatic rings. The standard InChI is InChI=1S/C13H19N5OS/c1-13(2,3)10(6-18-5-4-15-8-18)17-11(19)9-7-20-12(14)16-9/h4-5,7-8,10H,6H2,1-3H3,(H2,14,16)(H,17,19). The van der Waals surface area contributed by atoms with Gasteiger partial charge in [-0.05, 0) is 5.41 Å². The molecule has 0 saturated heterocycles. The Morgan fingerprint density at radius 2 is 2.30 bits per heavy atom. The van der Waals surface area contributed by atoms with E-state index in [1.807, 2.05) is 10.8 Å². The van der Waals surface area contributed by atoms with E-state index in [1.54, 1.807) is 17.9 Å². The van der Waals surface area contributed by atoms with Crippen LogP contribution < -0.4 is 11.1 Å². The Bertz CT molecular complexity index is 570. The highest BCUT2D eigenvalue weighted by atomic mass is 32.1. The quantitative estimate of drug-likeness (QED) is 0.899. The number of amides is 1. The second-order valence-corrected chi connectivity index (χ2v) is 6.61. The number of thiazole rings is 1. The predicted octanol–water partition coefficient (Wildman–Crippen LogP) is 1.77. The molecule has 1 atom stereocenters. The SMILES string of the molecule is CC(C)(C)C(Cn1ccnc1)NC(=O)c1csc(N)n1. The summed E-state index contributed by atoms with van der Waals surface area (Å²) in [7, 11) is 0. The zero-order valence-corrected chi connectivity index (χ0v) is 12.6. The van der Waals surface area contributed by atoms with E-state index in [2.05, 4.69) is 36.1 Å². The summed E-state index contributed by atoms with van der Waals surface area (Å²) in [6.45, 7) is 6.92. The highest BCUT2D eigenvalue weighted by molar-refractivity contribution is 7.13. The van der Waals surface area contributed by atoms with Crippen LogP contribution in [0.3, 0.4) is 0 Å². The number of hydrogen-bond donors (Lipinski definition) is 2. The van der Waals surface area contributed by atoms with Crippen LogP contribution in [-0.2, 0) is 6.54 Å². The van der Waals surface area contributed by atoms with Gasteiger partial charge < -0.3 is 15.6 Å². The second kappa shape index (κ2) is 5.62. The van der Waals surface area contributed by atoms with Crippen molar-refractivity contribution < 1.29 is 4.79 Å². The third-order valence-corrected chi connectivity index (χ3v) is 3.73. The first-order valence-electron chi connectivity index (χ1n) is 6.34. The highest BCUT2D eigenvalue weighted by Crippen LogP contribution is 2.21. The maximum absolute atomic E-state index is 12.2. The van der Waals surface area contributed by atoms with Gasteiger partial charge in [0.25, 0.3) is 5.91 Å². The number of anilines is 1. The molecule has 0 aliphatic heterocycles. The molecule has 1 unspecified atom stereocenters. The normalized spacial score (nSPS) is 13.2. The number of nitrogens with two attached hydrogens (primary N) is 1. The summed E-state index contributed by atoms with van der Waals surface area (Å²) in [5.74, 6) is -0.196. The van der Waals surface area contributed by atoms with E-state index in [9.17, 15) is 4.79 Å². The van der Waals surface area contributed by atoms with Crippen molar-refractivity contribution in [1.29, 1.82) is 0 Å². The molecule has 0 aromatic carbocycles. The van der Waals surface area contributed by atoms with Gasteiger partial charge in [-0.3, -0.25) is 4.79 Å². The average Bonchev–Trinajstić information content (AvgIpc) is 2.98. The van der Waals surface area contributed by atoms with Crippen molar-refractivity contribution in [2.75, 3.05) is 5.73 Å². The number of carbonyl (C=O) groups is 1. The molecule has 0 aliphatic carbocycles. The van der Waals surface area contributed by atoms with Crippen LogP contribution in [-0.4, -0.2) is 26.5 Å². The lowest BCUT2D eigenvalue weighted by atomic mass is 9.86. The van der Waals surface area contributed by atoms with Crippen molar-refractivity contribution >= 4 is 22.4 Å². The maximum Gasteiger partial charge on any atom is 0.271 e. The Kier molecular flexibility index (Phi) is 4.08. The molecule has 3 N–H and O–H groups in total. The number of nitrogens with zero attached hydrogens (tertiary/aromatic N) is 3. The lowest BCUT2D eigenvalue weighted by Crippen LogP contribution is -2.46.